The van der Waals surface area contributed by atoms with E-state index < -0.39 is 37.7 Å². The van der Waals surface area contributed by atoms with E-state index >= 15 is 0 Å². The van der Waals surface area contributed by atoms with E-state index in [0.29, 0.717) is 24.9 Å². The monoisotopic (exact) mass is 433 g/mol. The van der Waals surface area contributed by atoms with Crippen LogP contribution in [0.2, 0.25) is 0 Å². The number of amides is 2. The molecular formula is C19H19N3O7S. The Morgan fingerprint density at radius 1 is 1.03 bits per heavy atom. The molecule has 0 heterocycles. The Morgan fingerprint density at radius 3 is 2.23 bits per heavy atom. The van der Waals surface area contributed by atoms with E-state index in [1.165, 1.54) is 54.0 Å². The molecule has 30 heavy (non-hydrogen) atoms. The Kier molecular flexibility index (Phi) is 6.13. The number of nitro benzene ring substituents is 1. The van der Waals surface area contributed by atoms with Crippen molar-refractivity contribution in [3.8, 4) is 0 Å². The lowest BCUT2D eigenvalue weighted by molar-refractivity contribution is -0.384. The van der Waals surface area contributed by atoms with E-state index in [0.717, 1.165) is 0 Å². The molecule has 3 rings (SSSR count). The standard InChI is InChI=1S/C19H19N3O7S/c23-18(12-4-8-14(9-5-12)22(26)27)20-13-6-10-15(11-7-13)30(28,29)17-3-1-2-16(17)19(24)21-25/h4-11,16-17,25H,1-3H2,(H,20,23)(H,21,24)/t16-,17?/m0/s1. The minimum Gasteiger partial charge on any atom is -0.322 e. The topological polar surface area (TPSA) is 156 Å². The molecule has 2 atom stereocenters. The first-order valence-corrected chi connectivity index (χ1v) is 10.6. The van der Waals surface area contributed by atoms with E-state index in [2.05, 4.69) is 5.32 Å². The maximum Gasteiger partial charge on any atom is 0.269 e. The van der Waals surface area contributed by atoms with Crippen LogP contribution in [0.25, 0.3) is 0 Å². The lowest BCUT2D eigenvalue weighted by atomic mass is 10.1. The zero-order chi connectivity index (χ0) is 21.9. The van der Waals surface area contributed by atoms with Gasteiger partial charge in [0.15, 0.2) is 9.84 Å². The molecule has 0 saturated heterocycles. The average molecular weight is 433 g/mol. The fraction of sp³-hybridized carbons (Fsp3) is 0.263. The molecule has 0 radical (unpaired) electrons. The minimum atomic E-state index is -3.80. The summed E-state index contributed by atoms with van der Waals surface area (Å²) in [6.45, 7) is 0. The van der Waals surface area contributed by atoms with Gasteiger partial charge in [0, 0.05) is 23.4 Å². The van der Waals surface area contributed by atoms with Crippen molar-refractivity contribution in [3.05, 3.63) is 64.2 Å². The first-order chi connectivity index (χ1) is 14.2. The molecule has 0 aliphatic heterocycles. The van der Waals surface area contributed by atoms with Crippen molar-refractivity contribution in [1.82, 2.24) is 5.48 Å². The molecule has 2 aromatic carbocycles. The highest BCUT2D eigenvalue weighted by Crippen LogP contribution is 2.35. The van der Waals surface area contributed by atoms with Gasteiger partial charge in [0.05, 0.1) is 21.0 Å². The fourth-order valence-electron chi connectivity index (χ4n) is 3.52. The average Bonchev–Trinajstić information content (AvgIpc) is 3.24. The third-order valence-electron chi connectivity index (χ3n) is 5.08. The SMILES string of the molecule is O=C(Nc1ccc(S(=O)(=O)C2CCC[C@@H]2C(=O)NO)cc1)c1ccc([N+](=O)[O-])cc1. The molecular weight excluding hydrogens is 414 g/mol. The molecule has 0 aromatic heterocycles. The van der Waals surface area contributed by atoms with Crippen LogP contribution < -0.4 is 10.8 Å². The van der Waals surface area contributed by atoms with Crippen molar-refractivity contribution in [1.29, 1.82) is 0 Å². The van der Waals surface area contributed by atoms with Crippen molar-refractivity contribution in [2.45, 2.75) is 29.4 Å². The molecule has 0 bridgehead atoms. The van der Waals surface area contributed by atoms with Crippen LogP contribution in [-0.2, 0) is 14.6 Å². The maximum atomic E-state index is 12.9. The van der Waals surface area contributed by atoms with Gasteiger partial charge >= 0.3 is 0 Å². The van der Waals surface area contributed by atoms with Gasteiger partial charge in [0.25, 0.3) is 11.6 Å². The van der Waals surface area contributed by atoms with E-state index in [4.69, 9.17) is 5.21 Å². The zero-order valence-corrected chi connectivity index (χ0v) is 16.5. The number of rotatable bonds is 6. The second-order valence-electron chi connectivity index (χ2n) is 6.88. The van der Waals surface area contributed by atoms with Gasteiger partial charge in [-0.25, -0.2) is 13.9 Å². The van der Waals surface area contributed by atoms with Crippen LogP contribution in [0.1, 0.15) is 29.6 Å². The summed E-state index contributed by atoms with van der Waals surface area (Å²) in [4.78, 5) is 34.2. The van der Waals surface area contributed by atoms with Crippen molar-refractivity contribution in [3.63, 3.8) is 0 Å². The molecule has 1 saturated carbocycles. The van der Waals surface area contributed by atoms with Crippen LogP contribution in [-0.4, -0.2) is 35.6 Å². The Bertz CT molecular complexity index is 1070. The predicted molar refractivity (Wildman–Crippen MR) is 106 cm³/mol. The summed E-state index contributed by atoms with van der Waals surface area (Å²) < 4.78 is 25.8. The van der Waals surface area contributed by atoms with Gasteiger partial charge in [0.1, 0.15) is 0 Å². The molecule has 11 heteroatoms. The molecule has 0 spiro atoms. The van der Waals surface area contributed by atoms with Gasteiger partial charge in [0.2, 0.25) is 5.91 Å². The molecule has 1 fully saturated rings. The van der Waals surface area contributed by atoms with Crippen LogP contribution in [0.3, 0.4) is 0 Å². The third-order valence-corrected chi connectivity index (χ3v) is 7.37. The van der Waals surface area contributed by atoms with Crippen molar-refractivity contribution in [2.75, 3.05) is 5.32 Å². The van der Waals surface area contributed by atoms with Gasteiger partial charge in [-0.3, -0.25) is 24.9 Å². The second kappa shape index (κ2) is 8.59. The number of anilines is 1. The van der Waals surface area contributed by atoms with Crippen molar-refractivity contribution in [2.24, 2.45) is 5.92 Å². The molecule has 1 aliphatic rings. The highest BCUT2D eigenvalue weighted by Gasteiger charge is 2.42. The summed E-state index contributed by atoms with van der Waals surface area (Å²) in [6, 6.07) is 10.6. The van der Waals surface area contributed by atoms with Gasteiger partial charge < -0.3 is 5.32 Å². The van der Waals surface area contributed by atoms with Gasteiger partial charge in [-0.2, -0.15) is 0 Å². The van der Waals surface area contributed by atoms with E-state index in [1.807, 2.05) is 0 Å². The van der Waals surface area contributed by atoms with Crippen LogP contribution >= 0.6 is 0 Å². The predicted octanol–water partition coefficient (Wildman–Crippen LogP) is 2.29. The smallest absolute Gasteiger partial charge is 0.269 e. The number of nitrogens with one attached hydrogen (secondary N) is 2. The van der Waals surface area contributed by atoms with Crippen LogP contribution in [0.15, 0.2) is 53.4 Å². The van der Waals surface area contributed by atoms with Gasteiger partial charge in [-0.1, -0.05) is 6.42 Å². The first-order valence-electron chi connectivity index (χ1n) is 9.08. The summed E-state index contributed by atoms with van der Waals surface area (Å²) in [7, 11) is -3.80. The van der Waals surface area contributed by atoms with Crippen LogP contribution in [0.5, 0.6) is 0 Å². The fourth-order valence-corrected chi connectivity index (χ4v) is 5.55. The van der Waals surface area contributed by atoms with Crippen LogP contribution in [0, 0.1) is 16.0 Å². The highest BCUT2D eigenvalue weighted by atomic mass is 32.2. The Labute approximate surface area is 171 Å². The zero-order valence-electron chi connectivity index (χ0n) is 15.6. The summed E-state index contributed by atoms with van der Waals surface area (Å²) in [5, 5.41) is 21.2. The molecule has 10 nitrogen and oxygen atoms in total. The molecule has 2 amide bonds. The van der Waals surface area contributed by atoms with Gasteiger partial charge in [-0.05, 0) is 49.2 Å². The number of nitro groups is 1. The Morgan fingerprint density at radius 2 is 1.67 bits per heavy atom. The maximum absolute atomic E-state index is 12.9. The number of nitrogens with zero attached hydrogens (tertiary/aromatic N) is 1. The van der Waals surface area contributed by atoms with Crippen molar-refractivity contribution < 1.29 is 28.1 Å². The lowest BCUT2D eigenvalue weighted by Gasteiger charge is -2.18. The first kappa shape index (κ1) is 21.4. The second-order valence-corrected chi connectivity index (χ2v) is 9.05. The van der Waals surface area contributed by atoms with Crippen molar-refractivity contribution >= 4 is 33.0 Å². The minimum absolute atomic E-state index is 0.0125. The molecule has 3 N–H and O–H groups in total. The lowest BCUT2D eigenvalue weighted by Crippen LogP contribution is -2.36. The third kappa shape index (κ3) is 4.31. The number of carbonyl (C=O) groups excluding carboxylic acids is 2. The number of hydrogen-bond donors (Lipinski definition) is 3. The summed E-state index contributed by atoms with van der Waals surface area (Å²) in [5.41, 5.74) is 1.94. The summed E-state index contributed by atoms with van der Waals surface area (Å²) in [5.74, 6) is -2.04. The number of hydroxylamine groups is 1. The van der Waals surface area contributed by atoms with E-state index in [1.54, 1.807) is 0 Å². The van der Waals surface area contributed by atoms with Gasteiger partial charge in [-0.15, -0.1) is 0 Å². The summed E-state index contributed by atoms with van der Waals surface area (Å²) >= 11 is 0. The van der Waals surface area contributed by atoms with E-state index in [-0.39, 0.29) is 16.1 Å². The number of non-ortho nitro benzene ring substituents is 1. The summed E-state index contributed by atoms with van der Waals surface area (Å²) in [6.07, 6.45) is 1.25. The highest BCUT2D eigenvalue weighted by molar-refractivity contribution is 7.92. The number of hydrogen-bond acceptors (Lipinski definition) is 7. The molecule has 1 aliphatic carbocycles. The van der Waals surface area contributed by atoms with Crippen LogP contribution in [0.4, 0.5) is 11.4 Å². The number of carbonyl (C=O) groups is 2. The number of sulfone groups is 1. The van der Waals surface area contributed by atoms with E-state index in [9.17, 15) is 28.1 Å². The number of benzene rings is 2. The Balaban J connectivity index is 1.73. The Hall–Kier alpha value is -3.31. The molecule has 158 valence electrons. The molecule has 2 aromatic rings. The largest absolute Gasteiger partial charge is 0.322 e. The molecule has 1 unspecified atom stereocenters. The normalized spacial score (nSPS) is 18.6. The quantitative estimate of drug-likeness (QED) is 0.358.